The van der Waals surface area contributed by atoms with E-state index in [1.54, 1.807) is 11.3 Å². The summed E-state index contributed by atoms with van der Waals surface area (Å²) >= 11 is 3.09. The predicted molar refractivity (Wildman–Crippen MR) is 114 cm³/mol. The van der Waals surface area contributed by atoms with Crippen molar-refractivity contribution < 1.29 is 4.79 Å². The third-order valence-electron chi connectivity index (χ3n) is 5.25. The van der Waals surface area contributed by atoms with Crippen LogP contribution in [-0.2, 0) is 11.2 Å². The number of amides is 1. The van der Waals surface area contributed by atoms with Gasteiger partial charge in [0.25, 0.3) is 0 Å². The smallest absolute Gasteiger partial charge is 0.230 e. The van der Waals surface area contributed by atoms with Gasteiger partial charge in [-0.3, -0.25) is 4.79 Å². The highest BCUT2D eigenvalue weighted by Crippen LogP contribution is 2.32. The van der Waals surface area contributed by atoms with Crippen LogP contribution in [0.4, 0.5) is 0 Å². The number of rotatable bonds is 5. The molecule has 28 heavy (non-hydrogen) atoms. The second kappa shape index (κ2) is 8.09. The van der Waals surface area contributed by atoms with Crippen molar-refractivity contribution in [1.29, 1.82) is 0 Å². The molecular formula is C21H24N4OS2. The number of benzene rings is 1. The molecule has 7 heteroatoms. The lowest BCUT2D eigenvalue weighted by Gasteiger charge is -2.24. The number of hydrogen-bond acceptors (Lipinski definition) is 5. The molecule has 0 saturated heterocycles. The Kier molecular flexibility index (Phi) is 5.55. The molecule has 2 heterocycles. The quantitative estimate of drug-likeness (QED) is 0.625. The summed E-state index contributed by atoms with van der Waals surface area (Å²) in [6.07, 6.45) is 4.92. The summed E-state index contributed by atoms with van der Waals surface area (Å²) in [5, 5.41) is 9.89. The predicted octanol–water partition coefficient (Wildman–Crippen LogP) is 4.54. The number of hydrogen-bond donors (Lipinski definition) is 1. The minimum Gasteiger partial charge on any atom is -0.348 e. The Morgan fingerprint density at radius 3 is 3.00 bits per heavy atom. The van der Waals surface area contributed by atoms with Gasteiger partial charge in [-0.2, -0.15) is 5.10 Å². The molecule has 0 fully saturated rings. The van der Waals surface area contributed by atoms with E-state index < -0.39 is 0 Å². The zero-order chi connectivity index (χ0) is 19.7. The van der Waals surface area contributed by atoms with Crippen LogP contribution in [0.3, 0.4) is 0 Å². The third kappa shape index (κ3) is 3.86. The van der Waals surface area contributed by atoms with Crippen LogP contribution in [0.25, 0.3) is 5.69 Å². The van der Waals surface area contributed by atoms with Crippen LogP contribution in [0.1, 0.15) is 47.0 Å². The van der Waals surface area contributed by atoms with Crippen molar-refractivity contribution >= 4 is 29.0 Å². The van der Waals surface area contributed by atoms with Gasteiger partial charge in [0.05, 0.1) is 23.7 Å². The highest BCUT2D eigenvalue weighted by atomic mass is 32.2. The van der Waals surface area contributed by atoms with Crippen LogP contribution < -0.4 is 5.32 Å². The molecule has 4 rings (SSSR count). The number of fused-ring (bicyclic) bond motifs is 1. The first kappa shape index (κ1) is 19.2. The average Bonchev–Trinajstić information content (AvgIpc) is 3.29. The molecule has 0 radical (unpaired) electrons. The summed E-state index contributed by atoms with van der Waals surface area (Å²) in [5.41, 5.74) is 7.00. The number of aryl methyl sites for hydroxylation is 2. The van der Waals surface area contributed by atoms with Crippen molar-refractivity contribution in [1.82, 2.24) is 20.1 Å². The zero-order valence-electron chi connectivity index (χ0n) is 16.4. The highest BCUT2D eigenvalue weighted by molar-refractivity contribution is 8.01. The Balaban J connectivity index is 1.49. The van der Waals surface area contributed by atoms with Crippen molar-refractivity contribution in [3.05, 3.63) is 57.9 Å². The lowest BCUT2D eigenvalue weighted by atomic mass is 9.92. The van der Waals surface area contributed by atoms with E-state index in [1.165, 1.54) is 28.6 Å². The number of carbonyl (C=O) groups is 1. The summed E-state index contributed by atoms with van der Waals surface area (Å²) in [6.45, 7) is 6.23. The van der Waals surface area contributed by atoms with Gasteiger partial charge in [-0.15, -0.1) is 11.3 Å². The van der Waals surface area contributed by atoms with E-state index in [2.05, 4.69) is 52.1 Å². The largest absolute Gasteiger partial charge is 0.348 e. The summed E-state index contributed by atoms with van der Waals surface area (Å²) < 4.78 is 3.00. The van der Waals surface area contributed by atoms with Gasteiger partial charge in [0, 0.05) is 22.3 Å². The minimum atomic E-state index is 0.0359. The molecule has 1 aliphatic rings. The summed E-state index contributed by atoms with van der Waals surface area (Å²) in [6, 6.07) is 6.35. The number of thiazole rings is 1. The van der Waals surface area contributed by atoms with E-state index in [1.807, 2.05) is 18.5 Å². The molecule has 5 nitrogen and oxygen atoms in total. The van der Waals surface area contributed by atoms with E-state index in [0.29, 0.717) is 5.75 Å². The molecule has 2 aromatic heterocycles. The van der Waals surface area contributed by atoms with Gasteiger partial charge in [0.15, 0.2) is 4.34 Å². The Bertz CT molecular complexity index is 1010. The number of nitrogens with one attached hydrogen (secondary N) is 1. The SMILES string of the molecule is Cc1csc(SCC(=O)N[C@@H]2CCCc3c2cnn3-c2cccc(C)c2C)n1. The van der Waals surface area contributed by atoms with Crippen molar-refractivity contribution in [3.8, 4) is 5.69 Å². The maximum Gasteiger partial charge on any atom is 0.230 e. The zero-order valence-corrected chi connectivity index (χ0v) is 18.0. The molecular weight excluding hydrogens is 388 g/mol. The minimum absolute atomic E-state index is 0.0359. The fourth-order valence-electron chi connectivity index (χ4n) is 3.64. The van der Waals surface area contributed by atoms with E-state index in [-0.39, 0.29) is 11.9 Å². The van der Waals surface area contributed by atoms with Crippen molar-refractivity contribution in [2.75, 3.05) is 5.75 Å². The van der Waals surface area contributed by atoms with Gasteiger partial charge in [-0.1, -0.05) is 23.9 Å². The topological polar surface area (TPSA) is 59.8 Å². The van der Waals surface area contributed by atoms with Crippen LogP contribution in [0.15, 0.2) is 34.1 Å². The molecule has 0 bridgehead atoms. The van der Waals surface area contributed by atoms with Crippen molar-refractivity contribution in [3.63, 3.8) is 0 Å². The van der Waals surface area contributed by atoms with Crippen LogP contribution in [0, 0.1) is 20.8 Å². The monoisotopic (exact) mass is 412 g/mol. The van der Waals surface area contributed by atoms with Crippen LogP contribution in [0.2, 0.25) is 0 Å². The molecule has 0 spiro atoms. The molecule has 1 amide bonds. The van der Waals surface area contributed by atoms with Gasteiger partial charge in [-0.05, 0) is 57.2 Å². The molecule has 0 saturated carbocycles. The first-order valence-electron chi connectivity index (χ1n) is 9.50. The van der Waals surface area contributed by atoms with E-state index in [9.17, 15) is 4.79 Å². The summed E-state index contributed by atoms with van der Waals surface area (Å²) in [7, 11) is 0. The van der Waals surface area contributed by atoms with Gasteiger partial charge < -0.3 is 5.32 Å². The van der Waals surface area contributed by atoms with Gasteiger partial charge >= 0.3 is 0 Å². The van der Waals surface area contributed by atoms with Gasteiger partial charge in [0.1, 0.15) is 0 Å². The number of thioether (sulfide) groups is 1. The lowest BCUT2D eigenvalue weighted by Crippen LogP contribution is -2.32. The third-order valence-corrected chi connectivity index (χ3v) is 7.39. The average molecular weight is 413 g/mol. The van der Waals surface area contributed by atoms with Crippen LogP contribution >= 0.6 is 23.1 Å². The van der Waals surface area contributed by atoms with Crippen LogP contribution in [0.5, 0.6) is 0 Å². The van der Waals surface area contributed by atoms with E-state index in [0.717, 1.165) is 40.5 Å². The lowest BCUT2D eigenvalue weighted by molar-refractivity contribution is -0.119. The fraction of sp³-hybridized carbons (Fsp3) is 0.381. The second-order valence-corrected chi connectivity index (χ2v) is 9.31. The Morgan fingerprint density at radius 1 is 1.36 bits per heavy atom. The normalized spacial score (nSPS) is 16.0. The highest BCUT2D eigenvalue weighted by Gasteiger charge is 2.26. The van der Waals surface area contributed by atoms with Crippen LogP contribution in [-0.4, -0.2) is 26.4 Å². The fourth-order valence-corrected chi connectivity index (χ4v) is 5.30. The molecule has 1 aromatic carbocycles. The standard InChI is InChI=1S/C21H24N4OS2/c1-13-6-4-8-18(15(13)3)25-19-9-5-7-17(16(19)10-22-25)24-20(26)12-28-21-23-14(2)11-27-21/h4,6,8,10-11,17H,5,7,9,12H2,1-3H3,(H,24,26)/t17-/m1/s1. The maximum absolute atomic E-state index is 12.5. The van der Waals surface area contributed by atoms with Crippen molar-refractivity contribution in [2.24, 2.45) is 0 Å². The van der Waals surface area contributed by atoms with Crippen molar-refractivity contribution in [2.45, 2.75) is 50.4 Å². The summed E-state index contributed by atoms with van der Waals surface area (Å²) in [5.74, 6) is 0.444. The molecule has 1 atom stereocenters. The summed E-state index contributed by atoms with van der Waals surface area (Å²) in [4.78, 5) is 16.9. The number of carbonyl (C=O) groups excluding carboxylic acids is 1. The van der Waals surface area contributed by atoms with Gasteiger partial charge in [0.2, 0.25) is 5.91 Å². The maximum atomic E-state index is 12.5. The molecule has 1 N–H and O–H groups in total. The molecule has 0 unspecified atom stereocenters. The first-order chi connectivity index (χ1) is 13.5. The van der Waals surface area contributed by atoms with E-state index in [4.69, 9.17) is 0 Å². The molecule has 1 aliphatic carbocycles. The number of aromatic nitrogens is 3. The van der Waals surface area contributed by atoms with Gasteiger partial charge in [-0.25, -0.2) is 9.67 Å². The molecule has 146 valence electrons. The Morgan fingerprint density at radius 2 is 2.21 bits per heavy atom. The Hall–Kier alpha value is -2.12. The van der Waals surface area contributed by atoms with E-state index >= 15 is 0 Å². The molecule has 0 aliphatic heterocycles. The first-order valence-corrected chi connectivity index (χ1v) is 11.4. The number of nitrogens with zero attached hydrogens (tertiary/aromatic N) is 3. The second-order valence-electron chi connectivity index (χ2n) is 7.23. The molecule has 3 aromatic rings. The Labute approximate surface area is 173 Å².